The molecule has 0 aromatic heterocycles. The number of carbonyl (C=O) groups excluding carboxylic acids is 1. The van der Waals surface area contributed by atoms with Crippen LogP contribution in [0.25, 0.3) is 0 Å². The fraction of sp³-hybridized carbons (Fsp3) is 0.846. The first kappa shape index (κ1) is 14.0. The van der Waals surface area contributed by atoms with Crippen LogP contribution in [0.3, 0.4) is 0 Å². The van der Waals surface area contributed by atoms with Gasteiger partial charge in [-0.2, -0.15) is 0 Å². The number of hydrogen-bond acceptors (Lipinski definition) is 2. The molecule has 1 saturated heterocycles. The number of piperidine rings is 1. The topological polar surface area (TPSA) is 57.6 Å². The summed E-state index contributed by atoms with van der Waals surface area (Å²) in [7, 11) is 0. The second kappa shape index (κ2) is 6.62. The van der Waals surface area contributed by atoms with Crippen molar-refractivity contribution in [1.29, 1.82) is 0 Å². The highest BCUT2D eigenvalue weighted by Gasteiger charge is 2.25. The molecule has 0 bridgehead atoms. The number of carboxylic acid groups (broad SMARTS) is 1. The molecule has 1 atom stereocenters. The van der Waals surface area contributed by atoms with Crippen molar-refractivity contribution in [3.8, 4) is 0 Å². The van der Waals surface area contributed by atoms with Gasteiger partial charge in [-0.05, 0) is 31.6 Å². The molecule has 0 saturated carbocycles. The molecule has 4 nitrogen and oxygen atoms in total. The number of likely N-dealkylation sites (tertiary alicyclic amines) is 1. The first-order valence-electron chi connectivity index (χ1n) is 6.51. The normalized spacial score (nSPS) is 18.2. The molecule has 0 unspecified atom stereocenters. The maximum Gasteiger partial charge on any atom is 0.307 e. The van der Waals surface area contributed by atoms with Crippen LogP contribution in [-0.4, -0.2) is 35.0 Å². The van der Waals surface area contributed by atoms with E-state index in [1.807, 2.05) is 18.7 Å². The first-order chi connectivity index (χ1) is 8.00. The second-order valence-corrected chi connectivity index (χ2v) is 5.31. The summed E-state index contributed by atoms with van der Waals surface area (Å²) in [6.07, 6.45) is 4.02. The molecule has 1 N–H and O–H groups in total. The molecule has 0 aromatic rings. The number of aliphatic carboxylic acids is 1. The van der Waals surface area contributed by atoms with Crippen LogP contribution in [0.5, 0.6) is 0 Å². The van der Waals surface area contributed by atoms with E-state index in [1.165, 1.54) is 6.42 Å². The van der Waals surface area contributed by atoms with Crippen molar-refractivity contribution < 1.29 is 14.7 Å². The Hall–Kier alpha value is -1.06. The summed E-state index contributed by atoms with van der Waals surface area (Å²) in [5, 5.41) is 9.10. The highest BCUT2D eigenvalue weighted by Crippen LogP contribution is 2.18. The minimum Gasteiger partial charge on any atom is -0.481 e. The van der Waals surface area contributed by atoms with E-state index < -0.39 is 11.9 Å². The van der Waals surface area contributed by atoms with Gasteiger partial charge in [0.2, 0.25) is 5.91 Å². The zero-order chi connectivity index (χ0) is 12.8. The van der Waals surface area contributed by atoms with Crippen LogP contribution in [0.4, 0.5) is 0 Å². The number of rotatable bonds is 5. The van der Waals surface area contributed by atoms with Crippen LogP contribution in [-0.2, 0) is 9.59 Å². The van der Waals surface area contributed by atoms with Crippen molar-refractivity contribution in [2.45, 2.75) is 46.0 Å². The van der Waals surface area contributed by atoms with Gasteiger partial charge in [-0.3, -0.25) is 9.59 Å². The van der Waals surface area contributed by atoms with Crippen LogP contribution in [0.2, 0.25) is 0 Å². The molecule has 4 heteroatoms. The van der Waals surface area contributed by atoms with Gasteiger partial charge in [0.15, 0.2) is 0 Å². The van der Waals surface area contributed by atoms with Gasteiger partial charge in [0.1, 0.15) is 0 Å². The van der Waals surface area contributed by atoms with Gasteiger partial charge in [-0.15, -0.1) is 0 Å². The SMILES string of the molecule is CC(C)C[C@H](CC(=O)N1CCCCC1)C(=O)O. The maximum atomic E-state index is 12.0. The summed E-state index contributed by atoms with van der Waals surface area (Å²) in [4.78, 5) is 24.9. The molecule has 1 fully saturated rings. The van der Waals surface area contributed by atoms with Gasteiger partial charge >= 0.3 is 5.97 Å². The Morgan fingerprint density at radius 3 is 2.24 bits per heavy atom. The average molecular weight is 241 g/mol. The van der Waals surface area contributed by atoms with Crippen molar-refractivity contribution in [3.05, 3.63) is 0 Å². The lowest BCUT2D eigenvalue weighted by atomic mass is 9.93. The van der Waals surface area contributed by atoms with Crippen LogP contribution in [0.15, 0.2) is 0 Å². The lowest BCUT2D eigenvalue weighted by Crippen LogP contribution is -2.37. The summed E-state index contributed by atoms with van der Waals surface area (Å²) in [6, 6.07) is 0. The molecule has 1 aliphatic heterocycles. The second-order valence-electron chi connectivity index (χ2n) is 5.31. The number of nitrogens with zero attached hydrogens (tertiary/aromatic N) is 1. The predicted molar refractivity (Wildman–Crippen MR) is 65.6 cm³/mol. The quantitative estimate of drug-likeness (QED) is 0.802. The Kier molecular flexibility index (Phi) is 5.45. The molecule has 1 rings (SSSR count). The largest absolute Gasteiger partial charge is 0.481 e. The van der Waals surface area contributed by atoms with Crippen LogP contribution < -0.4 is 0 Å². The van der Waals surface area contributed by atoms with Crippen molar-refractivity contribution in [2.75, 3.05) is 13.1 Å². The molecule has 1 aliphatic rings. The standard InChI is InChI=1S/C13H23NO3/c1-10(2)8-11(13(16)17)9-12(15)14-6-4-3-5-7-14/h10-11H,3-9H2,1-2H3,(H,16,17)/t11-/m1/s1. The highest BCUT2D eigenvalue weighted by molar-refractivity contribution is 5.82. The summed E-state index contributed by atoms with van der Waals surface area (Å²) in [5.74, 6) is -1.04. The predicted octanol–water partition coefficient (Wildman–Crippen LogP) is 2.14. The van der Waals surface area contributed by atoms with Gasteiger partial charge in [-0.25, -0.2) is 0 Å². The van der Waals surface area contributed by atoms with Crippen molar-refractivity contribution in [2.24, 2.45) is 11.8 Å². The van der Waals surface area contributed by atoms with Gasteiger partial charge < -0.3 is 10.0 Å². The number of amides is 1. The van der Waals surface area contributed by atoms with Gasteiger partial charge in [0.25, 0.3) is 0 Å². The Bertz CT molecular complexity index is 270. The van der Waals surface area contributed by atoms with Gasteiger partial charge in [0.05, 0.1) is 5.92 Å². The van der Waals surface area contributed by atoms with Crippen molar-refractivity contribution in [3.63, 3.8) is 0 Å². The van der Waals surface area contributed by atoms with Gasteiger partial charge in [0, 0.05) is 19.5 Å². The lowest BCUT2D eigenvalue weighted by molar-refractivity contribution is -0.146. The third-order valence-electron chi connectivity index (χ3n) is 3.23. The molecule has 0 radical (unpaired) electrons. The van der Waals surface area contributed by atoms with Crippen molar-refractivity contribution >= 4 is 11.9 Å². The Balaban J connectivity index is 2.47. The molecular weight excluding hydrogens is 218 g/mol. The van der Waals surface area contributed by atoms with Gasteiger partial charge in [-0.1, -0.05) is 13.8 Å². The highest BCUT2D eigenvalue weighted by atomic mass is 16.4. The van der Waals surface area contributed by atoms with E-state index in [1.54, 1.807) is 0 Å². The van der Waals surface area contributed by atoms with Crippen molar-refractivity contribution in [1.82, 2.24) is 4.90 Å². The number of carbonyl (C=O) groups is 2. The summed E-state index contributed by atoms with van der Waals surface area (Å²) in [6.45, 7) is 5.57. The molecule has 98 valence electrons. The minimum absolute atomic E-state index is 0.0118. The van der Waals surface area contributed by atoms with Crippen LogP contribution in [0, 0.1) is 11.8 Å². The zero-order valence-corrected chi connectivity index (χ0v) is 10.8. The summed E-state index contributed by atoms with van der Waals surface area (Å²) in [5.41, 5.74) is 0. The Morgan fingerprint density at radius 2 is 1.76 bits per heavy atom. The van der Waals surface area contributed by atoms with E-state index in [0.29, 0.717) is 12.3 Å². The minimum atomic E-state index is -0.843. The molecule has 1 amide bonds. The third-order valence-corrected chi connectivity index (χ3v) is 3.23. The molecule has 0 spiro atoms. The molecule has 1 heterocycles. The van der Waals surface area contributed by atoms with E-state index in [0.717, 1.165) is 25.9 Å². The fourth-order valence-electron chi connectivity index (χ4n) is 2.32. The Labute approximate surface area is 103 Å². The molecule has 0 aromatic carbocycles. The van der Waals surface area contributed by atoms with E-state index in [9.17, 15) is 9.59 Å². The summed E-state index contributed by atoms with van der Waals surface area (Å²) >= 11 is 0. The van der Waals surface area contributed by atoms with Crippen LogP contribution >= 0.6 is 0 Å². The molecule has 17 heavy (non-hydrogen) atoms. The van der Waals surface area contributed by atoms with E-state index in [-0.39, 0.29) is 12.3 Å². The number of hydrogen-bond donors (Lipinski definition) is 1. The fourth-order valence-corrected chi connectivity index (χ4v) is 2.32. The average Bonchev–Trinajstić information content (AvgIpc) is 2.28. The molecular formula is C13H23NO3. The first-order valence-corrected chi connectivity index (χ1v) is 6.51. The van der Waals surface area contributed by atoms with E-state index in [2.05, 4.69) is 0 Å². The monoisotopic (exact) mass is 241 g/mol. The lowest BCUT2D eigenvalue weighted by Gasteiger charge is -2.28. The van der Waals surface area contributed by atoms with E-state index in [4.69, 9.17) is 5.11 Å². The van der Waals surface area contributed by atoms with E-state index >= 15 is 0 Å². The number of carboxylic acids is 1. The third kappa shape index (κ3) is 4.75. The smallest absolute Gasteiger partial charge is 0.307 e. The maximum absolute atomic E-state index is 12.0. The Morgan fingerprint density at radius 1 is 1.18 bits per heavy atom. The summed E-state index contributed by atoms with van der Waals surface area (Å²) < 4.78 is 0. The zero-order valence-electron chi connectivity index (χ0n) is 10.8. The van der Waals surface area contributed by atoms with Crippen LogP contribution in [0.1, 0.15) is 46.0 Å². The molecule has 0 aliphatic carbocycles.